The molecule has 1 heterocycles. The van der Waals surface area contributed by atoms with Crippen molar-refractivity contribution in [2.24, 2.45) is 0 Å². The van der Waals surface area contributed by atoms with E-state index in [4.69, 9.17) is 27.9 Å². The number of aliphatic hydroxyl groups is 1. The third-order valence-electron chi connectivity index (χ3n) is 5.32. The van der Waals surface area contributed by atoms with Crippen LogP contribution in [0.1, 0.15) is 23.2 Å². The molecule has 0 spiro atoms. The van der Waals surface area contributed by atoms with Crippen molar-refractivity contribution >= 4 is 34.8 Å². The maximum Gasteiger partial charge on any atom is 0.251 e. The lowest BCUT2D eigenvalue weighted by atomic mass is 10.1. The number of likely N-dealkylation sites (tertiary alicyclic amines) is 1. The van der Waals surface area contributed by atoms with E-state index in [0.29, 0.717) is 27.9 Å². The van der Waals surface area contributed by atoms with Gasteiger partial charge in [0.25, 0.3) is 5.91 Å². The second-order valence-electron chi connectivity index (χ2n) is 8.00. The van der Waals surface area contributed by atoms with Crippen molar-refractivity contribution in [1.29, 1.82) is 0 Å². The Morgan fingerprint density at radius 3 is 2.61 bits per heavy atom. The number of benzene rings is 2. The average molecular weight is 466 g/mol. The number of hydrogen-bond donors (Lipinski definition) is 2. The van der Waals surface area contributed by atoms with Gasteiger partial charge in [0.15, 0.2) is 0 Å². The van der Waals surface area contributed by atoms with Gasteiger partial charge in [0.1, 0.15) is 11.9 Å². The van der Waals surface area contributed by atoms with Crippen molar-refractivity contribution in [1.82, 2.24) is 10.2 Å². The lowest BCUT2D eigenvalue weighted by Crippen LogP contribution is -2.45. The van der Waals surface area contributed by atoms with Gasteiger partial charge in [-0.2, -0.15) is 0 Å². The number of piperidine rings is 1. The zero-order valence-corrected chi connectivity index (χ0v) is 19.4. The van der Waals surface area contributed by atoms with Crippen LogP contribution in [0.5, 0.6) is 5.75 Å². The number of nitrogens with zero attached hydrogens (tertiary/aromatic N) is 2. The SMILES string of the molecule is CN(C)c1cccc(C(=O)NCC(O)CN2CCC(Oc3ccc(Cl)c(Cl)c3)CC2)c1. The van der Waals surface area contributed by atoms with Gasteiger partial charge < -0.3 is 25.0 Å². The van der Waals surface area contributed by atoms with Crippen LogP contribution in [-0.4, -0.2) is 68.4 Å². The van der Waals surface area contributed by atoms with Gasteiger partial charge in [-0.1, -0.05) is 29.3 Å². The standard InChI is InChI=1S/C23H29Cl2N3O3/c1-27(2)17-5-3-4-16(12-17)23(30)26-14-18(29)15-28-10-8-19(9-11-28)31-20-6-7-21(24)22(25)13-20/h3-7,12-13,18-19,29H,8-11,14-15H2,1-2H3,(H,26,30). The number of carbonyl (C=O) groups is 1. The first-order valence-corrected chi connectivity index (χ1v) is 11.1. The molecule has 1 saturated heterocycles. The van der Waals surface area contributed by atoms with E-state index in [1.807, 2.05) is 43.3 Å². The van der Waals surface area contributed by atoms with Crippen LogP contribution in [0.3, 0.4) is 0 Å². The number of ether oxygens (including phenoxy) is 1. The van der Waals surface area contributed by atoms with Gasteiger partial charge in [0, 0.05) is 57.6 Å². The van der Waals surface area contributed by atoms with E-state index in [0.717, 1.165) is 31.6 Å². The summed E-state index contributed by atoms with van der Waals surface area (Å²) in [6.07, 6.45) is 1.19. The van der Waals surface area contributed by atoms with Gasteiger partial charge in [-0.25, -0.2) is 0 Å². The molecular formula is C23H29Cl2N3O3. The number of carbonyl (C=O) groups excluding carboxylic acids is 1. The number of rotatable bonds is 8. The van der Waals surface area contributed by atoms with Crippen molar-refractivity contribution in [3.8, 4) is 5.75 Å². The molecule has 3 rings (SSSR count). The first kappa shape index (κ1) is 23.7. The highest BCUT2D eigenvalue weighted by Crippen LogP contribution is 2.28. The summed E-state index contributed by atoms with van der Waals surface area (Å²) in [6.45, 7) is 2.37. The maximum atomic E-state index is 12.4. The summed E-state index contributed by atoms with van der Waals surface area (Å²) in [5.41, 5.74) is 1.54. The predicted octanol–water partition coefficient (Wildman–Crippen LogP) is 3.69. The van der Waals surface area contributed by atoms with Gasteiger partial charge in [-0.05, 0) is 43.2 Å². The van der Waals surface area contributed by atoms with Crippen molar-refractivity contribution in [3.05, 3.63) is 58.1 Å². The van der Waals surface area contributed by atoms with Crippen LogP contribution in [0.25, 0.3) is 0 Å². The molecule has 8 heteroatoms. The molecule has 1 amide bonds. The van der Waals surface area contributed by atoms with E-state index < -0.39 is 6.10 Å². The Morgan fingerprint density at radius 1 is 1.19 bits per heavy atom. The van der Waals surface area contributed by atoms with E-state index in [1.54, 1.807) is 18.2 Å². The summed E-state index contributed by atoms with van der Waals surface area (Å²) in [7, 11) is 3.86. The minimum Gasteiger partial charge on any atom is -0.490 e. The molecular weight excluding hydrogens is 437 g/mol. The zero-order chi connectivity index (χ0) is 22.4. The van der Waals surface area contributed by atoms with Gasteiger partial charge in [-0.3, -0.25) is 4.79 Å². The highest BCUT2D eigenvalue weighted by Gasteiger charge is 2.22. The van der Waals surface area contributed by atoms with Crippen molar-refractivity contribution in [3.63, 3.8) is 0 Å². The average Bonchev–Trinajstić information content (AvgIpc) is 2.76. The molecule has 168 valence electrons. The normalized spacial score (nSPS) is 16.0. The van der Waals surface area contributed by atoms with E-state index in [9.17, 15) is 9.90 Å². The van der Waals surface area contributed by atoms with Gasteiger partial charge >= 0.3 is 0 Å². The molecule has 1 atom stereocenters. The van der Waals surface area contributed by atoms with Gasteiger partial charge in [0.05, 0.1) is 16.1 Å². The second kappa shape index (κ2) is 11.0. The van der Waals surface area contributed by atoms with Crippen LogP contribution in [-0.2, 0) is 0 Å². The van der Waals surface area contributed by atoms with Crippen LogP contribution in [0.2, 0.25) is 10.0 Å². The molecule has 2 aromatic rings. The molecule has 1 aliphatic heterocycles. The quantitative estimate of drug-likeness (QED) is 0.622. The molecule has 1 fully saturated rings. The largest absolute Gasteiger partial charge is 0.490 e. The number of β-amino-alcohol motifs (C(OH)–C–C–N with tert-alkyl or cyclic N) is 1. The van der Waals surface area contributed by atoms with Gasteiger partial charge in [0.2, 0.25) is 0 Å². The molecule has 0 aliphatic carbocycles. The van der Waals surface area contributed by atoms with Crippen LogP contribution in [0.15, 0.2) is 42.5 Å². The topological polar surface area (TPSA) is 65.0 Å². The molecule has 6 nitrogen and oxygen atoms in total. The van der Waals surface area contributed by atoms with E-state index >= 15 is 0 Å². The van der Waals surface area contributed by atoms with Gasteiger partial charge in [-0.15, -0.1) is 0 Å². The molecule has 2 N–H and O–H groups in total. The Kier molecular flexibility index (Phi) is 8.43. The molecule has 1 unspecified atom stereocenters. The molecule has 0 saturated carbocycles. The lowest BCUT2D eigenvalue weighted by Gasteiger charge is -2.33. The zero-order valence-electron chi connectivity index (χ0n) is 17.9. The van der Waals surface area contributed by atoms with E-state index in [-0.39, 0.29) is 18.6 Å². The molecule has 0 aromatic heterocycles. The highest BCUT2D eigenvalue weighted by atomic mass is 35.5. The summed E-state index contributed by atoms with van der Waals surface area (Å²) in [5.74, 6) is 0.533. The second-order valence-corrected chi connectivity index (χ2v) is 8.82. The first-order chi connectivity index (χ1) is 14.8. The van der Waals surface area contributed by atoms with Crippen molar-refractivity contribution < 1.29 is 14.6 Å². The third-order valence-corrected chi connectivity index (χ3v) is 6.06. The molecule has 2 aromatic carbocycles. The highest BCUT2D eigenvalue weighted by molar-refractivity contribution is 6.42. The first-order valence-electron chi connectivity index (χ1n) is 10.4. The predicted molar refractivity (Wildman–Crippen MR) is 126 cm³/mol. The van der Waals surface area contributed by atoms with E-state index in [1.165, 1.54) is 0 Å². The van der Waals surface area contributed by atoms with E-state index in [2.05, 4.69) is 10.2 Å². The fourth-order valence-corrected chi connectivity index (χ4v) is 3.84. The Labute approximate surface area is 193 Å². The Morgan fingerprint density at radius 2 is 1.94 bits per heavy atom. The minimum atomic E-state index is -0.631. The number of aliphatic hydroxyl groups excluding tert-OH is 1. The summed E-state index contributed by atoms with van der Waals surface area (Å²) in [4.78, 5) is 16.5. The van der Waals surface area contributed by atoms with Crippen LogP contribution in [0.4, 0.5) is 5.69 Å². The fraction of sp³-hybridized carbons (Fsp3) is 0.435. The van der Waals surface area contributed by atoms with Crippen molar-refractivity contribution in [2.75, 3.05) is 45.2 Å². The molecule has 0 radical (unpaired) electrons. The number of halogens is 2. The number of anilines is 1. The molecule has 0 bridgehead atoms. The lowest BCUT2D eigenvalue weighted by molar-refractivity contribution is 0.0594. The summed E-state index contributed by atoms with van der Waals surface area (Å²) < 4.78 is 6.01. The maximum absolute atomic E-state index is 12.4. The molecule has 1 aliphatic rings. The minimum absolute atomic E-state index is 0.106. The molecule has 31 heavy (non-hydrogen) atoms. The van der Waals surface area contributed by atoms with Crippen LogP contribution >= 0.6 is 23.2 Å². The Bertz CT molecular complexity index is 886. The summed E-state index contributed by atoms with van der Waals surface area (Å²) in [5, 5.41) is 14.2. The number of nitrogens with one attached hydrogen (secondary N) is 1. The number of hydrogen-bond acceptors (Lipinski definition) is 5. The van der Waals surface area contributed by atoms with Crippen molar-refractivity contribution in [2.45, 2.75) is 25.0 Å². The number of amides is 1. The van der Waals surface area contributed by atoms with Crippen LogP contribution < -0.4 is 15.0 Å². The summed E-state index contributed by atoms with van der Waals surface area (Å²) >= 11 is 12.0. The third kappa shape index (κ3) is 7.01. The Balaban J connectivity index is 1.39. The summed E-state index contributed by atoms with van der Waals surface area (Å²) in [6, 6.07) is 12.7. The Hall–Kier alpha value is -1.99. The monoisotopic (exact) mass is 465 g/mol. The van der Waals surface area contributed by atoms with Crippen LogP contribution in [0, 0.1) is 0 Å². The smallest absolute Gasteiger partial charge is 0.251 e. The fourth-order valence-electron chi connectivity index (χ4n) is 3.55.